The first kappa shape index (κ1) is 14.6. The van der Waals surface area contributed by atoms with E-state index in [2.05, 4.69) is 5.10 Å². The van der Waals surface area contributed by atoms with Crippen molar-refractivity contribution in [2.75, 3.05) is 0 Å². The van der Waals surface area contributed by atoms with E-state index < -0.39 is 0 Å². The molecular formula is C16H21FN2O. The molecule has 2 rings (SSSR count). The Morgan fingerprint density at radius 2 is 1.85 bits per heavy atom. The van der Waals surface area contributed by atoms with Crippen molar-refractivity contribution < 1.29 is 4.39 Å². The SMILES string of the molecule is Cc1ccc(C(C)c2c(C)n(C(C)C)[nH]c2=O)c(F)c1. The summed E-state index contributed by atoms with van der Waals surface area (Å²) in [5.74, 6) is -0.520. The van der Waals surface area contributed by atoms with E-state index in [0.29, 0.717) is 11.1 Å². The van der Waals surface area contributed by atoms with Gasteiger partial charge in [0.2, 0.25) is 0 Å². The largest absolute Gasteiger partial charge is 0.287 e. The Bertz CT molecular complexity index is 682. The average Bonchev–Trinajstić information content (AvgIpc) is 2.64. The van der Waals surface area contributed by atoms with Crippen LogP contribution < -0.4 is 5.56 Å². The Hall–Kier alpha value is -1.84. The lowest BCUT2D eigenvalue weighted by Gasteiger charge is -2.14. The molecule has 0 saturated carbocycles. The summed E-state index contributed by atoms with van der Waals surface area (Å²) in [6, 6.07) is 5.32. The highest BCUT2D eigenvalue weighted by Gasteiger charge is 2.22. The maximum absolute atomic E-state index is 14.1. The third-order valence-corrected chi connectivity index (χ3v) is 3.79. The van der Waals surface area contributed by atoms with Gasteiger partial charge in [-0.2, -0.15) is 0 Å². The molecule has 1 N–H and O–H groups in total. The maximum atomic E-state index is 14.1. The van der Waals surface area contributed by atoms with Crippen LogP contribution in [-0.2, 0) is 0 Å². The van der Waals surface area contributed by atoms with E-state index in [1.807, 2.05) is 45.4 Å². The number of hydrogen-bond acceptors (Lipinski definition) is 1. The third-order valence-electron chi connectivity index (χ3n) is 3.79. The van der Waals surface area contributed by atoms with Crippen molar-refractivity contribution in [3.05, 3.63) is 56.8 Å². The second-order valence-corrected chi connectivity index (χ2v) is 5.65. The highest BCUT2D eigenvalue weighted by molar-refractivity contribution is 5.35. The van der Waals surface area contributed by atoms with Crippen molar-refractivity contribution in [1.82, 2.24) is 9.78 Å². The summed E-state index contributed by atoms with van der Waals surface area (Å²) in [4.78, 5) is 12.2. The zero-order valence-corrected chi connectivity index (χ0v) is 12.6. The van der Waals surface area contributed by atoms with Crippen molar-refractivity contribution in [1.29, 1.82) is 0 Å². The van der Waals surface area contributed by atoms with Crippen molar-refractivity contribution in [3.8, 4) is 0 Å². The molecule has 0 radical (unpaired) electrons. The number of nitrogens with zero attached hydrogens (tertiary/aromatic N) is 1. The highest BCUT2D eigenvalue weighted by atomic mass is 19.1. The van der Waals surface area contributed by atoms with Crippen LogP contribution in [0.5, 0.6) is 0 Å². The predicted octanol–water partition coefficient (Wildman–Crippen LogP) is 3.67. The van der Waals surface area contributed by atoms with Gasteiger partial charge in [0.1, 0.15) is 5.82 Å². The number of aryl methyl sites for hydroxylation is 1. The molecule has 1 atom stereocenters. The van der Waals surface area contributed by atoms with Gasteiger partial charge in [-0.1, -0.05) is 19.1 Å². The molecule has 0 bridgehead atoms. The molecule has 1 aromatic carbocycles. The lowest BCUT2D eigenvalue weighted by molar-refractivity contribution is 0.515. The molecule has 0 amide bonds. The minimum atomic E-state index is -0.264. The average molecular weight is 276 g/mol. The van der Waals surface area contributed by atoms with Gasteiger partial charge in [0, 0.05) is 23.2 Å². The van der Waals surface area contributed by atoms with Crippen LogP contribution in [-0.4, -0.2) is 9.78 Å². The van der Waals surface area contributed by atoms with E-state index >= 15 is 0 Å². The fraction of sp³-hybridized carbons (Fsp3) is 0.438. The van der Waals surface area contributed by atoms with Crippen LogP contribution in [0.3, 0.4) is 0 Å². The summed E-state index contributed by atoms with van der Waals surface area (Å²) in [5.41, 5.74) is 2.82. The lowest BCUT2D eigenvalue weighted by atomic mass is 9.92. The van der Waals surface area contributed by atoms with Gasteiger partial charge in [-0.3, -0.25) is 14.6 Å². The number of aromatic amines is 1. The Morgan fingerprint density at radius 1 is 1.20 bits per heavy atom. The molecule has 4 heteroatoms. The highest BCUT2D eigenvalue weighted by Crippen LogP contribution is 2.27. The molecule has 0 aliphatic rings. The van der Waals surface area contributed by atoms with Crippen molar-refractivity contribution >= 4 is 0 Å². The van der Waals surface area contributed by atoms with E-state index in [1.165, 1.54) is 6.07 Å². The zero-order valence-electron chi connectivity index (χ0n) is 12.6. The first-order chi connectivity index (χ1) is 9.32. The monoisotopic (exact) mass is 276 g/mol. The Kier molecular flexibility index (Phi) is 3.84. The minimum Gasteiger partial charge on any atom is -0.287 e. The van der Waals surface area contributed by atoms with E-state index in [0.717, 1.165) is 11.3 Å². The minimum absolute atomic E-state index is 0.135. The summed E-state index contributed by atoms with van der Waals surface area (Å²) >= 11 is 0. The first-order valence-corrected chi connectivity index (χ1v) is 6.90. The Morgan fingerprint density at radius 3 is 2.35 bits per heavy atom. The molecule has 0 spiro atoms. The number of H-pyrrole nitrogens is 1. The van der Waals surface area contributed by atoms with Gasteiger partial charge in [-0.15, -0.1) is 0 Å². The number of halogens is 1. The molecular weight excluding hydrogens is 255 g/mol. The van der Waals surface area contributed by atoms with Crippen LogP contribution >= 0.6 is 0 Å². The van der Waals surface area contributed by atoms with Gasteiger partial charge >= 0.3 is 0 Å². The summed E-state index contributed by atoms with van der Waals surface area (Å²) in [5, 5.41) is 2.83. The number of rotatable bonds is 3. The first-order valence-electron chi connectivity index (χ1n) is 6.90. The second kappa shape index (κ2) is 5.27. The smallest absolute Gasteiger partial charge is 0.268 e. The molecule has 0 saturated heterocycles. The lowest BCUT2D eigenvalue weighted by Crippen LogP contribution is -2.12. The number of aromatic nitrogens is 2. The van der Waals surface area contributed by atoms with E-state index in [9.17, 15) is 9.18 Å². The van der Waals surface area contributed by atoms with Gasteiger partial charge in [0.25, 0.3) is 5.56 Å². The molecule has 0 aliphatic carbocycles. The van der Waals surface area contributed by atoms with Crippen LogP contribution in [0, 0.1) is 19.7 Å². The molecule has 1 aromatic heterocycles. The number of benzene rings is 1. The van der Waals surface area contributed by atoms with Crippen molar-refractivity contribution in [3.63, 3.8) is 0 Å². The maximum Gasteiger partial charge on any atom is 0.268 e. The van der Waals surface area contributed by atoms with Gasteiger partial charge in [-0.25, -0.2) is 4.39 Å². The fourth-order valence-electron chi connectivity index (χ4n) is 2.71. The normalized spacial score (nSPS) is 12.9. The molecule has 0 aliphatic heterocycles. The van der Waals surface area contributed by atoms with Crippen LogP contribution in [0.1, 0.15) is 55.1 Å². The quantitative estimate of drug-likeness (QED) is 0.912. The molecule has 1 unspecified atom stereocenters. The molecule has 0 fully saturated rings. The fourth-order valence-corrected chi connectivity index (χ4v) is 2.71. The summed E-state index contributed by atoms with van der Waals surface area (Å²) in [6.45, 7) is 9.63. The molecule has 108 valence electrons. The van der Waals surface area contributed by atoms with Gasteiger partial charge in [-0.05, 0) is 44.9 Å². The van der Waals surface area contributed by atoms with Crippen LogP contribution in [0.25, 0.3) is 0 Å². The second-order valence-electron chi connectivity index (χ2n) is 5.65. The molecule has 2 aromatic rings. The third kappa shape index (κ3) is 2.42. The Balaban J connectivity index is 2.54. The van der Waals surface area contributed by atoms with Gasteiger partial charge < -0.3 is 0 Å². The molecule has 1 heterocycles. The number of hydrogen-bond donors (Lipinski definition) is 1. The summed E-state index contributed by atoms with van der Waals surface area (Å²) in [7, 11) is 0. The molecule has 3 nitrogen and oxygen atoms in total. The van der Waals surface area contributed by atoms with E-state index in [1.54, 1.807) is 6.07 Å². The van der Waals surface area contributed by atoms with Crippen LogP contribution in [0.2, 0.25) is 0 Å². The van der Waals surface area contributed by atoms with E-state index in [-0.39, 0.29) is 23.3 Å². The van der Waals surface area contributed by atoms with Gasteiger partial charge in [0.05, 0.1) is 0 Å². The van der Waals surface area contributed by atoms with Crippen LogP contribution in [0.4, 0.5) is 4.39 Å². The zero-order chi connectivity index (χ0) is 15.0. The molecule has 20 heavy (non-hydrogen) atoms. The number of nitrogens with one attached hydrogen (secondary N) is 1. The summed E-state index contributed by atoms with van der Waals surface area (Å²) < 4.78 is 15.9. The summed E-state index contributed by atoms with van der Waals surface area (Å²) in [6.07, 6.45) is 0. The predicted molar refractivity (Wildman–Crippen MR) is 78.8 cm³/mol. The standard InChI is InChI=1S/C16H21FN2O/c1-9(2)19-12(5)15(16(20)18-19)11(4)13-7-6-10(3)8-14(13)17/h6-9,11H,1-5H3,(H,18,20). The van der Waals surface area contributed by atoms with Crippen LogP contribution in [0.15, 0.2) is 23.0 Å². The van der Waals surface area contributed by atoms with Crippen molar-refractivity contribution in [2.24, 2.45) is 0 Å². The Labute approximate surface area is 118 Å². The van der Waals surface area contributed by atoms with Crippen molar-refractivity contribution in [2.45, 2.75) is 46.6 Å². The topological polar surface area (TPSA) is 37.8 Å². The van der Waals surface area contributed by atoms with E-state index in [4.69, 9.17) is 0 Å². The van der Waals surface area contributed by atoms with Gasteiger partial charge in [0.15, 0.2) is 0 Å².